The van der Waals surface area contributed by atoms with Crippen LogP contribution in [0.15, 0.2) is 18.2 Å². The molecule has 0 aliphatic rings. The third kappa shape index (κ3) is 3.98. The summed E-state index contributed by atoms with van der Waals surface area (Å²) in [5.41, 5.74) is -0.672. The van der Waals surface area contributed by atoms with Crippen molar-refractivity contribution in [2.45, 2.75) is 34.1 Å². The van der Waals surface area contributed by atoms with E-state index in [1.54, 1.807) is 39.0 Å². The van der Waals surface area contributed by atoms with Crippen LogP contribution in [-0.4, -0.2) is 26.8 Å². The Labute approximate surface area is 159 Å². The van der Waals surface area contributed by atoms with Crippen LogP contribution in [0, 0.1) is 5.41 Å². The Morgan fingerprint density at radius 3 is 2.15 bits per heavy atom. The van der Waals surface area contributed by atoms with E-state index < -0.39 is 5.41 Å². The van der Waals surface area contributed by atoms with Crippen LogP contribution in [0.1, 0.15) is 34.1 Å². The van der Waals surface area contributed by atoms with E-state index >= 15 is 0 Å². The molecule has 0 aliphatic carbocycles. The van der Waals surface area contributed by atoms with Crippen LogP contribution in [0.4, 0.5) is 0 Å². The van der Waals surface area contributed by atoms with E-state index in [-0.39, 0.29) is 5.97 Å². The van der Waals surface area contributed by atoms with Crippen LogP contribution in [0.5, 0.6) is 23.0 Å². The van der Waals surface area contributed by atoms with Crippen molar-refractivity contribution < 1.29 is 23.7 Å². The van der Waals surface area contributed by atoms with Gasteiger partial charge in [-0.3, -0.25) is 4.79 Å². The maximum Gasteiger partial charge on any atom is 0.316 e. The number of methoxy groups -OCH3 is 2. The third-order valence-electron chi connectivity index (χ3n) is 3.76. The molecule has 142 valence electrons. The fraction of sp³-hybridized carbons (Fsp3) is 0.450. The van der Waals surface area contributed by atoms with Crippen molar-refractivity contribution in [3.05, 3.63) is 23.2 Å². The highest BCUT2D eigenvalue weighted by molar-refractivity contribution is 6.31. The van der Waals surface area contributed by atoms with Gasteiger partial charge < -0.3 is 18.9 Å². The fourth-order valence-corrected chi connectivity index (χ4v) is 2.59. The average Bonchev–Trinajstić information content (AvgIpc) is 2.58. The minimum atomic E-state index is -0.672. The molecule has 2 rings (SSSR count). The van der Waals surface area contributed by atoms with Gasteiger partial charge in [-0.1, -0.05) is 18.5 Å². The number of carbonyl (C=O) groups is 1. The fourth-order valence-electron chi connectivity index (χ4n) is 2.42. The summed E-state index contributed by atoms with van der Waals surface area (Å²) < 4.78 is 22.7. The maximum atomic E-state index is 12.5. The van der Waals surface area contributed by atoms with E-state index in [1.165, 1.54) is 14.2 Å². The molecule has 2 aromatic rings. The van der Waals surface area contributed by atoms with Crippen molar-refractivity contribution in [2.24, 2.45) is 5.41 Å². The largest absolute Gasteiger partial charge is 0.490 e. The number of halogens is 1. The highest BCUT2D eigenvalue weighted by Gasteiger charge is 2.29. The SMILES string of the molecule is CCCOc1c(OC)c(OC)c(OC(=O)C(C)(C)C)c2ccc(Cl)cc12. The van der Waals surface area contributed by atoms with Gasteiger partial charge in [0.15, 0.2) is 11.5 Å². The molecule has 0 unspecified atom stereocenters. The predicted octanol–water partition coefficient (Wildman–Crippen LogP) is 5.25. The van der Waals surface area contributed by atoms with Crippen LogP contribution in [0.25, 0.3) is 10.8 Å². The zero-order chi connectivity index (χ0) is 19.5. The second-order valence-electron chi connectivity index (χ2n) is 6.90. The summed E-state index contributed by atoms with van der Waals surface area (Å²) in [6.45, 7) is 7.88. The molecule has 0 heterocycles. The molecule has 26 heavy (non-hydrogen) atoms. The molecule has 0 aliphatic heterocycles. The molecule has 0 radical (unpaired) electrons. The van der Waals surface area contributed by atoms with Gasteiger partial charge in [0.2, 0.25) is 11.5 Å². The van der Waals surface area contributed by atoms with Gasteiger partial charge in [-0.25, -0.2) is 0 Å². The number of hydrogen-bond acceptors (Lipinski definition) is 5. The predicted molar refractivity (Wildman–Crippen MR) is 103 cm³/mol. The molecule has 6 heteroatoms. The second kappa shape index (κ2) is 8.04. The Balaban J connectivity index is 2.80. The van der Waals surface area contributed by atoms with Gasteiger partial charge in [0.25, 0.3) is 0 Å². The van der Waals surface area contributed by atoms with Gasteiger partial charge in [0.1, 0.15) is 0 Å². The Hall–Kier alpha value is -2.14. The van der Waals surface area contributed by atoms with E-state index in [0.717, 1.165) is 6.42 Å². The Morgan fingerprint density at radius 2 is 1.62 bits per heavy atom. The maximum absolute atomic E-state index is 12.5. The number of benzene rings is 2. The normalized spacial score (nSPS) is 11.3. The molecule has 0 aromatic heterocycles. The van der Waals surface area contributed by atoms with Crippen molar-refractivity contribution in [3.8, 4) is 23.0 Å². The highest BCUT2D eigenvalue weighted by atomic mass is 35.5. The van der Waals surface area contributed by atoms with Gasteiger partial charge in [-0.2, -0.15) is 0 Å². The summed E-state index contributed by atoms with van der Waals surface area (Å²) in [5.74, 6) is 1.11. The third-order valence-corrected chi connectivity index (χ3v) is 3.99. The summed E-state index contributed by atoms with van der Waals surface area (Å²) in [5, 5.41) is 1.90. The first-order valence-corrected chi connectivity index (χ1v) is 8.84. The van der Waals surface area contributed by atoms with Crippen molar-refractivity contribution in [1.82, 2.24) is 0 Å². The summed E-state index contributed by atoms with van der Waals surface area (Å²) in [6, 6.07) is 5.27. The summed E-state index contributed by atoms with van der Waals surface area (Å²) >= 11 is 6.19. The molecule has 2 aromatic carbocycles. The zero-order valence-corrected chi connectivity index (χ0v) is 16.8. The van der Waals surface area contributed by atoms with Crippen molar-refractivity contribution >= 4 is 28.3 Å². The molecule has 0 atom stereocenters. The Kier molecular flexibility index (Phi) is 6.24. The monoisotopic (exact) mass is 380 g/mol. The lowest BCUT2D eigenvalue weighted by Crippen LogP contribution is -2.26. The number of carbonyl (C=O) groups excluding carboxylic acids is 1. The molecule has 0 amide bonds. The van der Waals surface area contributed by atoms with Gasteiger partial charge in [-0.05, 0) is 45.4 Å². The van der Waals surface area contributed by atoms with Crippen LogP contribution in [0.2, 0.25) is 5.02 Å². The highest BCUT2D eigenvalue weighted by Crippen LogP contribution is 2.51. The van der Waals surface area contributed by atoms with Gasteiger partial charge in [0, 0.05) is 15.8 Å². The molecule has 0 bridgehead atoms. The van der Waals surface area contributed by atoms with Crippen molar-refractivity contribution in [2.75, 3.05) is 20.8 Å². The molecule has 0 spiro atoms. The van der Waals surface area contributed by atoms with E-state index in [0.29, 0.717) is 45.4 Å². The lowest BCUT2D eigenvalue weighted by molar-refractivity contribution is -0.143. The van der Waals surface area contributed by atoms with Crippen molar-refractivity contribution in [3.63, 3.8) is 0 Å². The average molecular weight is 381 g/mol. The summed E-state index contributed by atoms with van der Waals surface area (Å²) in [6.07, 6.45) is 0.828. The number of hydrogen-bond donors (Lipinski definition) is 0. The topological polar surface area (TPSA) is 54.0 Å². The zero-order valence-electron chi connectivity index (χ0n) is 16.1. The first kappa shape index (κ1) is 20.2. The smallest absolute Gasteiger partial charge is 0.316 e. The van der Waals surface area contributed by atoms with E-state index in [9.17, 15) is 4.79 Å². The van der Waals surface area contributed by atoms with Gasteiger partial charge in [0.05, 0.1) is 26.2 Å². The van der Waals surface area contributed by atoms with Crippen LogP contribution >= 0.6 is 11.6 Å². The number of fused-ring (bicyclic) bond motifs is 1. The van der Waals surface area contributed by atoms with E-state index in [1.807, 2.05) is 6.92 Å². The van der Waals surface area contributed by atoms with Crippen LogP contribution < -0.4 is 18.9 Å². The number of ether oxygens (including phenoxy) is 4. The first-order chi connectivity index (χ1) is 12.2. The van der Waals surface area contributed by atoms with Crippen LogP contribution in [0.3, 0.4) is 0 Å². The molecule has 0 saturated heterocycles. The lowest BCUT2D eigenvalue weighted by atomic mass is 9.97. The molecule has 0 fully saturated rings. The first-order valence-electron chi connectivity index (χ1n) is 8.46. The molecular weight excluding hydrogens is 356 g/mol. The molecule has 5 nitrogen and oxygen atoms in total. The van der Waals surface area contributed by atoms with E-state index in [2.05, 4.69) is 0 Å². The lowest BCUT2D eigenvalue weighted by Gasteiger charge is -2.22. The van der Waals surface area contributed by atoms with E-state index in [4.69, 9.17) is 30.5 Å². The van der Waals surface area contributed by atoms with Crippen LogP contribution in [-0.2, 0) is 4.79 Å². The molecular formula is C20H25ClO5. The minimum absolute atomic E-state index is 0.291. The second-order valence-corrected chi connectivity index (χ2v) is 7.34. The number of esters is 1. The minimum Gasteiger partial charge on any atom is -0.490 e. The summed E-state index contributed by atoms with van der Waals surface area (Å²) in [4.78, 5) is 12.5. The quantitative estimate of drug-likeness (QED) is 0.506. The van der Waals surface area contributed by atoms with Gasteiger partial charge >= 0.3 is 5.97 Å². The Bertz CT molecular complexity index is 808. The number of rotatable bonds is 6. The Morgan fingerprint density at radius 1 is 1.00 bits per heavy atom. The molecule has 0 N–H and O–H groups in total. The molecule has 0 saturated carbocycles. The standard InChI is InChI=1S/C20H25ClO5/c1-7-10-25-15-14-11-12(21)8-9-13(14)16(18(24-6)17(15)23-5)26-19(22)20(2,3)4/h8-9,11H,7,10H2,1-6H3. The van der Waals surface area contributed by atoms with Crippen molar-refractivity contribution in [1.29, 1.82) is 0 Å². The van der Waals surface area contributed by atoms with Gasteiger partial charge in [-0.15, -0.1) is 0 Å². The summed E-state index contributed by atoms with van der Waals surface area (Å²) in [7, 11) is 3.01.